The number of nitrogens with one attached hydrogen (secondary N) is 2. The molecule has 3 heterocycles. The van der Waals surface area contributed by atoms with Gasteiger partial charge in [-0.2, -0.15) is 0 Å². The minimum absolute atomic E-state index is 0.157. The normalized spacial score (nSPS) is 17.6. The number of benzene rings is 1. The van der Waals surface area contributed by atoms with Crippen molar-refractivity contribution in [3.05, 3.63) is 84.1 Å². The molecule has 2 N–H and O–H groups in total. The van der Waals surface area contributed by atoms with Crippen molar-refractivity contribution in [2.24, 2.45) is 0 Å². The maximum Gasteiger partial charge on any atom is 0.325 e. The number of hydrogen-bond acceptors (Lipinski definition) is 6. The number of nitrogens with zero attached hydrogens (tertiary/aromatic N) is 3. The Kier molecular flexibility index (Phi) is 5.99. The zero-order valence-corrected chi connectivity index (χ0v) is 17.6. The highest BCUT2D eigenvalue weighted by atomic mass is 19.1. The lowest BCUT2D eigenvalue weighted by molar-refractivity contribution is -0.133. The summed E-state index contributed by atoms with van der Waals surface area (Å²) in [6.45, 7) is 1.21. The fourth-order valence-corrected chi connectivity index (χ4v) is 3.38. The summed E-state index contributed by atoms with van der Waals surface area (Å²) in [6, 6.07) is 11.4. The molecule has 1 atom stereocenters. The third-order valence-electron chi connectivity index (χ3n) is 5.17. The second kappa shape index (κ2) is 9.03. The number of pyridine rings is 2. The molecule has 0 bridgehead atoms. The van der Waals surface area contributed by atoms with E-state index in [-0.39, 0.29) is 12.4 Å². The SMILES string of the molecule is CC1(c2ccc(F)cc2)NC(=O)N(CC(=O)Nc2ncccc2OCc2ccncc2)C1=O. The van der Waals surface area contributed by atoms with Gasteiger partial charge in [0.1, 0.15) is 24.5 Å². The molecule has 9 nitrogen and oxygen atoms in total. The number of carbonyl (C=O) groups excluding carboxylic acids is 3. The molecule has 0 saturated carbocycles. The third kappa shape index (κ3) is 4.64. The van der Waals surface area contributed by atoms with Crippen molar-refractivity contribution >= 4 is 23.7 Å². The van der Waals surface area contributed by atoms with E-state index in [0.717, 1.165) is 10.5 Å². The van der Waals surface area contributed by atoms with Crippen LogP contribution in [0, 0.1) is 5.82 Å². The standard InChI is InChI=1S/C23H20FN5O4/c1-23(16-4-6-17(24)7-5-16)21(31)29(22(32)28-23)13-19(30)27-20-18(3-2-10-26-20)33-14-15-8-11-25-12-9-15/h2-12H,13-14H2,1H3,(H,28,32)(H,26,27,30). The predicted molar refractivity (Wildman–Crippen MR) is 115 cm³/mol. The van der Waals surface area contributed by atoms with Crippen molar-refractivity contribution in [3.8, 4) is 5.75 Å². The van der Waals surface area contributed by atoms with Crippen LogP contribution in [0.15, 0.2) is 67.1 Å². The molecule has 1 aromatic carbocycles. The fourth-order valence-electron chi connectivity index (χ4n) is 3.38. The van der Waals surface area contributed by atoms with Crippen LogP contribution in [0.2, 0.25) is 0 Å². The van der Waals surface area contributed by atoms with Gasteiger partial charge in [-0.3, -0.25) is 19.5 Å². The Morgan fingerprint density at radius 1 is 1.12 bits per heavy atom. The molecular formula is C23H20FN5O4. The minimum Gasteiger partial charge on any atom is -0.485 e. The Morgan fingerprint density at radius 2 is 1.85 bits per heavy atom. The maximum absolute atomic E-state index is 13.3. The number of rotatable bonds is 7. The first-order valence-electron chi connectivity index (χ1n) is 10.0. The molecule has 1 saturated heterocycles. The van der Waals surface area contributed by atoms with E-state index in [0.29, 0.717) is 11.3 Å². The van der Waals surface area contributed by atoms with Gasteiger partial charge in [0.15, 0.2) is 11.6 Å². The van der Waals surface area contributed by atoms with Crippen molar-refractivity contribution in [1.82, 2.24) is 20.2 Å². The Hall–Kier alpha value is -4.34. The molecule has 0 aliphatic carbocycles. The molecule has 1 aliphatic rings. The summed E-state index contributed by atoms with van der Waals surface area (Å²) in [4.78, 5) is 46.9. The Morgan fingerprint density at radius 3 is 2.58 bits per heavy atom. The molecule has 4 rings (SSSR count). The van der Waals surface area contributed by atoms with Crippen molar-refractivity contribution in [2.75, 3.05) is 11.9 Å². The number of hydrogen-bond donors (Lipinski definition) is 2. The highest BCUT2D eigenvalue weighted by molar-refractivity contribution is 6.10. The van der Waals surface area contributed by atoms with Crippen LogP contribution in [-0.2, 0) is 21.7 Å². The van der Waals surface area contributed by atoms with Crippen LogP contribution in [0.4, 0.5) is 15.0 Å². The van der Waals surface area contributed by atoms with Crippen LogP contribution in [-0.4, -0.2) is 39.3 Å². The largest absolute Gasteiger partial charge is 0.485 e. The van der Waals surface area contributed by atoms with Crippen LogP contribution in [0.1, 0.15) is 18.1 Å². The van der Waals surface area contributed by atoms with E-state index in [1.165, 1.54) is 37.4 Å². The van der Waals surface area contributed by atoms with Crippen molar-refractivity contribution in [2.45, 2.75) is 19.1 Å². The number of amides is 4. The van der Waals surface area contributed by atoms with Gasteiger partial charge in [-0.1, -0.05) is 12.1 Å². The molecule has 1 unspecified atom stereocenters. The molecule has 2 aromatic heterocycles. The third-order valence-corrected chi connectivity index (χ3v) is 5.17. The predicted octanol–water partition coefficient (Wildman–Crippen LogP) is 2.60. The van der Waals surface area contributed by atoms with E-state index >= 15 is 0 Å². The number of urea groups is 1. The molecule has 33 heavy (non-hydrogen) atoms. The van der Waals surface area contributed by atoms with Crippen molar-refractivity contribution in [1.29, 1.82) is 0 Å². The van der Waals surface area contributed by atoms with Crippen LogP contribution in [0.25, 0.3) is 0 Å². The first-order valence-corrected chi connectivity index (χ1v) is 10.0. The lowest BCUT2D eigenvalue weighted by atomic mass is 9.92. The molecule has 168 valence electrons. The minimum atomic E-state index is -1.41. The lowest BCUT2D eigenvalue weighted by Crippen LogP contribution is -2.42. The molecule has 0 spiro atoms. The van der Waals surface area contributed by atoms with E-state index in [2.05, 4.69) is 20.6 Å². The average Bonchev–Trinajstić information content (AvgIpc) is 3.03. The number of ether oxygens (including phenoxy) is 1. The van der Waals surface area contributed by atoms with E-state index in [1.54, 1.807) is 36.7 Å². The number of anilines is 1. The quantitative estimate of drug-likeness (QED) is 0.536. The monoisotopic (exact) mass is 449 g/mol. The topological polar surface area (TPSA) is 114 Å². The number of imide groups is 1. The van der Waals surface area contributed by atoms with Gasteiger partial charge >= 0.3 is 6.03 Å². The molecule has 1 fully saturated rings. The van der Waals surface area contributed by atoms with Crippen molar-refractivity contribution in [3.63, 3.8) is 0 Å². The fraction of sp³-hybridized carbons (Fsp3) is 0.174. The molecule has 4 amide bonds. The maximum atomic E-state index is 13.3. The summed E-state index contributed by atoms with van der Waals surface area (Å²) in [6.07, 6.45) is 4.76. The zero-order chi connectivity index (χ0) is 23.4. The van der Waals surface area contributed by atoms with Gasteiger partial charge in [0, 0.05) is 18.6 Å². The van der Waals surface area contributed by atoms with Gasteiger partial charge in [-0.05, 0) is 54.4 Å². The van der Waals surface area contributed by atoms with Gasteiger partial charge in [0.2, 0.25) is 5.91 Å². The summed E-state index contributed by atoms with van der Waals surface area (Å²) in [5.41, 5.74) is -0.123. The zero-order valence-electron chi connectivity index (χ0n) is 17.6. The van der Waals surface area contributed by atoms with Gasteiger partial charge < -0.3 is 15.4 Å². The molecule has 1 aliphatic heterocycles. The summed E-state index contributed by atoms with van der Waals surface area (Å²) in [5.74, 6) is -1.23. The van der Waals surface area contributed by atoms with Gasteiger partial charge in [-0.15, -0.1) is 0 Å². The van der Waals surface area contributed by atoms with E-state index in [4.69, 9.17) is 4.74 Å². The molecule has 0 radical (unpaired) electrons. The van der Waals surface area contributed by atoms with Gasteiger partial charge in [0.05, 0.1) is 0 Å². The first kappa shape index (κ1) is 21.9. The Bertz CT molecular complexity index is 1190. The Balaban J connectivity index is 1.43. The lowest BCUT2D eigenvalue weighted by Gasteiger charge is -2.22. The summed E-state index contributed by atoms with van der Waals surface area (Å²) < 4.78 is 19.0. The second-order valence-electron chi connectivity index (χ2n) is 7.50. The van der Waals surface area contributed by atoms with E-state index in [1.807, 2.05) is 0 Å². The summed E-state index contributed by atoms with van der Waals surface area (Å²) in [5, 5.41) is 5.15. The highest BCUT2D eigenvalue weighted by Crippen LogP contribution is 2.29. The van der Waals surface area contributed by atoms with Crippen LogP contribution < -0.4 is 15.4 Å². The van der Waals surface area contributed by atoms with E-state index < -0.39 is 35.7 Å². The Labute approximate surface area is 188 Å². The van der Waals surface area contributed by atoms with Crippen LogP contribution in [0.5, 0.6) is 5.75 Å². The smallest absolute Gasteiger partial charge is 0.325 e. The summed E-state index contributed by atoms with van der Waals surface area (Å²) in [7, 11) is 0. The number of carbonyl (C=O) groups is 3. The van der Waals surface area contributed by atoms with Crippen LogP contribution >= 0.6 is 0 Å². The second-order valence-corrected chi connectivity index (χ2v) is 7.50. The highest BCUT2D eigenvalue weighted by Gasteiger charge is 2.49. The van der Waals surface area contributed by atoms with E-state index in [9.17, 15) is 18.8 Å². The molecule has 3 aromatic rings. The van der Waals surface area contributed by atoms with Crippen molar-refractivity contribution < 1.29 is 23.5 Å². The van der Waals surface area contributed by atoms with Gasteiger partial charge in [-0.25, -0.2) is 14.2 Å². The summed E-state index contributed by atoms with van der Waals surface area (Å²) >= 11 is 0. The average molecular weight is 449 g/mol. The number of aromatic nitrogens is 2. The molecular weight excluding hydrogens is 429 g/mol. The molecule has 10 heteroatoms. The first-order chi connectivity index (χ1) is 15.9. The van der Waals surface area contributed by atoms with Crippen LogP contribution in [0.3, 0.4) is 0 Å². The van der Waals surface area contributed by atoms with Gasteiger partial charge in [0.25, 0.3) is 5.91 Å². The number of halogens is 1.